The lowest BCUT2D eigenvalue weighted by Gasteiger charge is -2.35. The summed E-state index contributed by atoms with van der Waals surface area (Å²) in [6, 6.07) is 0. The minimum Gasteiger partial charge on any atom is -0.300 e. The normalized spacial score (nSPS) is 26.9. The molecule has 0 bridgehead atoms. The molecule has 4 heteroatoms. The summed E-state index contributed by atoms with van der Waals surface area (Å²) in [7, 11) is 0. The molecule has 3 aliphatic rings. The monoisotopic (exact) mass is 255 g/mol. The number of fused-ring (bicyclic) bond motifs is 3. The number of thioether (sulfide) groups is 1. The summed E-state index contributed by atoms with van der Waals surface area (Å²) in [5, 5.41) is 1.20. The van der Waals surface area contributed by atoms with E-state index in [1.807, 2.05) is 6.20 Å². The van der Waals surface area contributed by atoms with Crippen molar-refractivity contribution in [2.45, 2.75) is 17.0 Å². The van der Waals surface area contributed by atoms with Crippen LogP contribution in [0.15, 0.2) is 53.9 Å². The van der Waals surface area contributed by atoms with Crippen LogP contribution in [0.5, 0.6) is 0 Å². The van der Waals surface area contributed by atoms with Gasteiger partial charge in [0.25, 0.3) is 0 Å². The first-order chi connectivity index (χ1) is 8.87. The second kappa shape index (κ2) is 3.42. The van der Waals surface area contributed by atoms with Crippen molar-refractivity contribution in [3.8, 4) is 0 Å². The molecule has 1 atom stereocenters. The van der Waals surface area contributed by atoms with Crippen molar-refractivity contribution in [1.82, 2.24) is 9.55 Å². The number of hydrogen-bond donors (Lipinski definition) is 0. The minimum absolute atomic E-state index is 0.152. The zero-order valence-electron chi connectivity index (χ0n) is 10.1. The third-order valence-corrected chi connectivity index (χ3v) is 4.41. The molecule has 90 valence electrons. The van der Waals surface area contributed by atoms with E-state index in [0.717, 1.165) is 12.4 Å². The molecule has 0 N–H and O–H groups in total. The van der Waals surface area contributed by atoms with Crippen molar-refractivity contribution in [2.24, 2.45) is 0 Å². The summed E-state index contributed by atoms with van der Waals surface area (Å²) < 4.78 is 2.27. The Bertz CT molecular complexity index is 635. The van der Waals surface area contributed by atoms with Gasteiger partial charge in [0.2, 0.25) is 5.95 Å². The molecule has 0 radical (unpaired) electrons. The van der Waals surface area contributed by atoms with Gasteiger partial charge >= 0.3 is 0 Å². The zero-order valence-corrected chi connectivity index (χ0v) is 10.9. The highest BCUT2D eigenvalue weighted by atomic mass is 32.2. The number of nitrogens with zero attached hydrogens (tertiary/aromatic N) is 3. The molecule has 0 aromatic carbocycles. The summed E-state index contributed by atoms with van der Waals surface area (Å²) in [4.78, 5) is 6.82. The van der Waals surface area contributed by atoms with Gasteiger partial charge in [0.05, 0.1) is 11.9 Å². The van der Waals surface area contributed by atoms with E-state index >= 15 is 0 Å². The largest absolute Gasteiger partial charge is 0.300 e. The van der Waals surface area contributed by atoms with Gasteiger partial charge in [-0.3, -0.25) is 9.47 Å². The van der Waals surface area contributed by atoms with Crippen molar-refractivity contribution < 1.29 is 0 Å². The molecule has 1 aromatic heterocycles. The van der Waals surface area contributed by atoms with E-state index in [2.05, 4.69) is 63.4 Å². The predicted octanol–water partition coefficient (Wildman–Crippen LogP) is 3.05. The first-order valence-electron chi connectivity index (χ1n) is 6.02. The van der Waals surface area contributed by atoms with Crippen molar-refractivity contribution in [3.05, 3.63) is 48.9 Å². The van der Waals surface area contributed by atoms with Crippen molar-refractivity contribution >= 4 is 23.4 Å². The Hall–Kier alpha value is -1.68. The molecular weight excluding hydrogens is 242 g/mol. The molecule has 0 saturated carbocycles. The Morgan fingerprint density at radius 2 is 2.28 bits per heavy atom. The topological polar surface area (TPSA) is 21.1 Å². The van der Waals surface area contributed by atoms with E-state index < -0.39 is 0 Å². The number of aromatic nitrogens is 2. The van der Waals surface area contributed by atoms with Gasteiger partial charge in [-0.25, -0.2) is 4.98 Å². The summed E-state index contributed by atoms with van der Waals surface area (Å²) in [5.74, 6) is 1.01. The van der Waals surface area contributed by atoms with Gasteiger partial charge in [-0.2, -0.15) is 0 Å². The molecule has 18 heavy (non-hydrogen) atoms. The van der Waals surface area contributed by atoms with E-state index in [0.29, 0.717) is 0 Å². The molecular formula is C14H13N3S. The highest BCUT2D eigenvalue weighted by Gasteiger charge is 2.47. The van der Waals surface area contributed by atoms with Gasteiger partial charge in [-0.05, 0) is 24.8 Å². The number of imidazole rings is 1. The summed E-state index contributed by atoms with van der Waals surface area (Å²) >= 11 is 1.74. The van der Waals surface area contributed by atoms with Crippen molar-refractivity contribution in [1.29, 1.82) is 0 Å². The van der Waals surface area contributed by atoms with Gasteiger partial charge in [0.1, 0.15) is 10.6 Å². The van der Waals surface area contributed by atoms with Crippen molar-refractivity contribution in [2.75, 3.05) is 11.2 Å². The average molecular weight is 255 g/mol. The molecule has 1 aliphatic carbocycles. The maximum Gasteiger partial charge on any atom is 0.216 e. The van der Waals surface area contributed by atoms with Crippen LogP contribution in [0.1, 0.15) is 6.42 Å². The highest BCUT2D eigenvalue weighted by molar-refractivity contribution is 7.98. The fourth-order valence-corrected chi connectivity index (χ4v) is 3.45. The SMILES string of the molecule is CSc1cnc2n1C1=CCC=CC13C=CC=CN23. The molecule has 0 amide bonds. The van der Waals surface area contributed by atoms with Crippen LogP contribution in [-0.2, 0) is 0 Å². The van der Waals surface area contributed by atoms with E-state index in [1.54, 1.807) is 11.8 Å². The van der Waals surface area contributed by atoms with Crippen LogP contribution >= 0.6 is 11.8 Å². The molecule has 4 rings (SSSR count). The standard InChI is InChI=1S/C14H13N3S/c1-18-12-10-15-13-16-9-5-4-8-14(16)7-3-2-6-11(14)17(12)13/h3-10H,2H2,1H3. The van der Waals surface area contributed by atoms with Gasteiger partial charge in [-0.15, -0.1) is 11.8 Å². The van der Waals surface area contributed by atoms with E-state index in [4.69, 9.17) is 0 Å². The molecule has 1 unspecified atom stereocenters. The lowest BCUT2D eigenvalue weighted by Crippen LogP contribution is -2.41. The molecule has 3 nitrogen and oxygen atoms in total. The average Bonchev–Trinajstić information content (AvgIpc) is 2.93. The van der Waals surface area contributed by atoms with Crippen LogP contribution in [0.25, 0.3) is 5.70 Å². The Balaban J connectivity index is 2.02. The second-order valence-corrected chi connectivity index (χ2v) is 5.39. The van der Waals surface area contributed by atoms with E-state index in [9.17, 15) is 0 Å². The molecule has 0 fully saturated rings. The highest BCUT2D eigenvalue weighted by Crippen LogP contribution is 2.48. The first-order valence-corrected chi connectivity index (χ1v) is 7.25. The maximum atomic E-state index is 4.58. The number of rotatable bonds is 1. The summed E-state index contributed by atoms with van der Waals surface area (Å²) in [5.41, 5.74) is 1.16. The Labute approximate surface area is 110 Å². The van der Waals surface area contributed by atoms with Gasteiger partial charge < -0.3 is 0 Å². The van der Waals surface area contributed by atoms with Gasteiger partial charge in [0, 0.05) is 6.20 Å². The van der Waals surface area contributed by atoms with Crippen molar-refractivity contribution in [3.63, 3.8) is 0 Å². The lowest BCUT2D eigenvalue weighted by atomic mass is 9.88. The van der Waals surface area contributed by atoms with Crippen LogP contribution in [0.3, 0.4) is 0 Å². The smallest absolute Gasteiger partial charge is 0.216 e. The number of hydrogen-bond acceptors (Lipinski definition) is 3. The fraction of sp³-hybridized carbons (Fsp3) is 0.214. The first kappa shape index (κ1) is 10.3. The summed E-state index contributed by atoms with van der Waals surface area (Å²) in [6.07, 6.45) is 20.4. The van der Waals surface area contributed by atoms with E-state index in [-0.39, 0.29) is 5.54 Å². The van der Waals surface area contributed by atoms with Crippen LogP contribution in [-0.4, -0.2) is 21.3 Å². The van der Waals surface area contributed by atoms with Crippen LogP contribution in [0.4, 0.5) is 5.95 Å². The Kier molecular flexibility index (Phi) is 1.95. The van der Waals surface area contributed by atoms with Gasteiger partial charge in [-0.1, -0.05) is 24.3 Å². The Morgan fingerprint density at radius 1 is 1.33 bits per heavy atom. The minimum atomic E-state index is -0.152. The molecule has 0 saturated heterocycles. The summed E-state index contributed by atoms with van der Waals surface area (Å²) in [6.45, 7) is 0. The number of anilines is 1. The zero-order chi connectivity index (χ0) is 12.2. The third kappa shape index (κ3) is 1.04. The predicted molar refractivity (Wildman–Crippen MR) is 75.5 cm³/mol. The van der Waals surface area contributed by atoms with Crippen LogP contribution in [0, 0.1) is 0 Å². The quantitative estimate of drug-likeness (QED) is 0.568. The fourth-order valence-electron chi connectivity index (χ4n) is 2.93. The second-order valence-electron chi connectivity index (χ2n) is 4.56. The molecule has 1 spiro atoms. The van der Waals surface area contributed by atoms with Crippen LogP contribution in [0.2, 0.25) is 0 Å². The Morgan fingerprint density at radius 3 is 3.17 bits per heavy atom. The molecule has 2 aliphatic heterocycles. The maximum absolute atomic E-state index is 4.58. The lowest BCUT2D eigenvalue weighted by molar-refractivity contribution is 0.780. The van der Waals surface area contributed by atoms with Gasteiger partial charge in [0.15, 0.2) is 0 Å². The number of allylic oxidation sites excluding steroid dienone is 4. The van der Waals surface area contributed by atoms with Crippen LogP contribution < -0.4 is 4.90 Å². The van der Waals surface area contributed by atoms with E-state index in [1.165, 1.54) is 10.7 Å². The molecule has 3 heterocycles. The molecule has 1 aromatic rings. The third-order valence-electron chi connectivity index (χ3n) is 3.70.